The van der Waals surface area contributed by atoms with Crippen molar-refractivity contribution in [1.82, 2.24) is 19.5 Å². The number of hydrogen-bond acceptors (Lipinski definition) is 5. The molecule has 6 nitrogen and oxygen atoms in total. The first-order valence-corrected chi connectivity index (χ1v) is 6.52. The molecule has 0 fully saturated rings. The highest BCUT2D eigenvalue weighted by Gasteiger charge is 2.13. The minimum absolute atomic E-state index is 0.219. The summed E-state index contributed by atoms with van der Waals surface area (Å²) in [6.07, 6.45) is 7.96. The Labute approximate surface area is 122 Å². The molecule has 0 radical (unpaired) electrons. The molecule has 108 valence electrons. The minimum Gasteiger partial charge on any atom is -0.465 e. The molecular weight excluding hydrogens is 268 g/mol. The zero-order chi connectivity index (χ0) is 15.2. The van der Waals surface area contributed by atoms with Gasteiger partial charge in [0, 0.05) is 29.7 Å². The monoisotopic (exact) mass is 284 g/mol. The first-order chi connectivity index (χ1) is 10.2. The largest absolute Gasteiger partial charge is 0.465 e. The standard InChI is InChI=1S/C15H16N4O2/c1-4-12(5-2)19-14(20)7-13(18-15(19)21-6-3)11-8-16-10-17-9-11/h4-5,7-10H,1,6H2,2-3H3/b12-5+. The molecule has 0 spiro atoms. The molecule has 2 heterocycles. The van der Waals surface area contributed by atoms with Gasteiger partial charge in [-0.2, -0.15) is 4.98 Å². The van der Waals surface area contributed by atoms with Crippen LogP contribution in [0.4, 0.5) is 0 Å². The van der Waals surface area contributed by atoms with E-state index in [0.717, 1.165) is 0 Å². The first kappa shape index (κ1) is 14.6. The zero-order valence-electron chi connectivity index (χ0n) is 12.0. The lowest BCUT2D eigenvalue weighted by molar-refractivity contribution is 0.303. The van der Waals surface area contributed by atoms with Gasteiger partial charge in [0.1, 0.15) is 6.33 Å². The van der Waals surface area contributed by atoms with Gasteiger partial charge in [-0.25, -0.2) is 14.5 Å². The number of rotatable bonds is 5. The summed E-state index contributed by atoms with van der Waals surface area (Å²) < 4.78 is 6.87. The van der Waals surface area contributed by atoms with Crippen LogP contribution in [0, 0.1) is 0 Å². The van der Waals surface area contributed by atoms with Crippen LogP contribution in [0.3, 0.4) is 0 Å². The number of ether oxygens (including phenoxy) is 1. The lowest BCUT2D eigenvalue weighted by Crippen LogP contribution is -2.22. The van der Waals surface area contributed by atoms with Crippen LogP contribution in [0.2, 0.25) is 0 Å². The summed E-state index contributed by atoms with van der Waals surface area (Å²) in [5, 5.41) is 0. The predicted molar refractivity (Wildman–Crippen MR) is 80.8 cm³/mol. The Hall–Kier alpha value is -2.76. The average Bonchev–Trinajstić information content (AvgIpc) is 2.51. The molecule has 6 heteroatoms. The van der Waals surface area contributed by atoms with Crippen molar-refractivity contribution >= 4 is 5.70 Å². The number of nitrogens with zero attached hydrogens (tertiary/aromatic N) is 4. The van der Waals surface area contributed by atoms with Gasteiger partial charge in [-0.3, -0.25) is 4.79 Å². The molecule has 0 saturated heterocycles. The van der Waals surface area contributed by atoms with Crippen molar-refractivity contribution in [2.24, 2.45) is 0 Å². The summed E-state index contributed by atoms with van der Waals surface area (Å²) in [5.41, 5.74) is 1.50. The van der Waals surface area contributed by atoms with Crippen LogP contribution in [-0.4, -0.2) is 26.1 Å². The van der Waals surface area contributed by atoms with E-state index >= 15 is 0 Å². The molecule has 0 bridgehead atoms. The third kappa shape index (κ3) is 3.05. The van der Waals surface area contributed by atoms with Crippen molar-refractivity contribution in [3.05, 3.63) is 53.9 Å². The molecule has 0 aliphatic carbocycles. The maximum Gasteiger partial charge on any atom is 0.304 e. The van der Waals surface area contributed by atoms with Crippen LogP contribution in [0.5, 0.6) is 6.01 Å². The fraction of sp³-hybridized carbons (Fsp3) is 0.200. The fourth-order valence-electron chi connectivity index (χ4n) is 1.84. The van der Waals surface area contributed by atoms with Gasteiger partial charge in [-0.1, -0.05) is 12.7 Å². The Morgan fingerprint density at radius 3 is 2.71 bits per heavy atom. The molecule has 0 aliphatic heterocycles. The van der Waals surface area contributed by atoms with Gasteiger partial charge in [-0.15, -0.1) is 0 Å². The maximum atomic E-state index is 12.4. The van der Waals surface area contributed by atoms with Gasteiger partial charge >= 0.3 is 6.01 Å². The number of allylic oxidation sites excluding steroid dienone is 3. The molecular formula is C15H16N4O2. The molecule has 2 rings (SSSR count). The summed E-state index contributed by atoms with van der Waals surface area (Å²) in [6.45, 7) is 7.75. The summed E-state index contributed by atoms with van der Waals surface area (Å²) in [5.74, 6) is 0. The van der Waals surface area contributed by atoms with Gasteiger partial charge in [0.2, 0.25) is 0 Å². The van der Waals surface area contributed by atoms with Crippen molar-refractivity contribution in [2.75, 3.05) is 6.61 Å². The summed E-state index contributed by atoms with van der Waals surface area (Å²) >= 11 is 0. The first-order valence-electron chi connectivity index (χ1n) is 6.52. The topological polar surface area (TPSA) is 69.9 Å². The Morgan fingerprint density at radius 2 is 2.14 bits per heavy atom. The second-order valence-corrected chi connectivity index (χ2v) is 4.08. The highest BCUT2D eigenvalue weighted by molar-refractivity contribution is 5.61. The quantitative estimate of drug-likeness (QED) is 0.787. The van der Waals surface area contributed by atoms with Crippen LogP contribution in [0.1, 0.15) is 13.8 Å². The maximum absolute atomic E-state index is 12.4. The fourth-order valence-corrected chi connectivity index (χ4v) is 1.84. The lowest BCUT2D eigenvalue weighted by Gasteiger charge is -2.13. The van der Waals surface area contributed by atoms with E-state index in [2.05, 4.69) is 21.5 Å². The van der Waals surface area contributed by atoms with Gasteiger partial charge in [0.25, 0.3) is 5.56 Å². The van der Waals surface area contributed by atoms with Gasteiger partial charge in [-0.05, 0) is 19.9 Å². The number of aromatic nitrogens is 4. The lowest BCUT2D eigenvalue weighted by atomic mass is 10.2. The molecule has 21 heavy (non-hydrogen) atoms. The van der Waals surface area contributed by atoms with E-state index in [4.69, 9.17) is 4.74 Å². The summed E-state index contributed by atoms with van der Waals surface area (Å²) in [6, 6.07) is 1.64. The third-order valence-electron chi connectivity index (χ3n) is 2.78. The van der Waals surface area contributed by atoms with Crippen molar-refractivity contribution in [2.45, 2.75) is 13.8 Å². The smallest absolute Gasteiger partial charge is 0.304 e. The van der Waals surface area contributed by atoms with E-state index in [1.54, 1.807) is 24.5 Å². The van der Waals surface area contributed by atoms with Crippen LogP contribution in [-0.2, 0) is 0 Å². The summed E-state index contributed by atoms with van der Waals surface area (Å²) in [4.78, 5) is 24.6. The van der Waals surface area contributed by atoms with Crippen molar-refractivity contribution in [3.63, 3.8) is 0 Å². The molecule has 0 N–H and O–H groups in total. The normalized spacial score (nSPS) is 11.2. The second-order valence-electron chi connectivity index (χ2n) is 4.08. The third-order valence-corrected chi connectivity index (χ3v) is 2.78. The van der Waals surface area contributed by atoms with Crippen molar-refractivity contribution < 1.29 is 4.74 Å². The van der Waals surface area contributed by atoms with Gasteiger partial charge in [0.15, 0.2) is 0 Å². The molecule has 2 aromatic heterocycles. The molecule has 0 atom stereocenters. The van der Waals surface area contributed by atoms with E-state index in [1.807, 2.05) is 13.8 Å². The SMILES string of the molecule is C=C/C(=C\C)n1c(OCC)nc(-c2cncnc2)cc1=O. The highest BCUT2D eigenvalue weighted by atomic mass is 16.5. The van der Waals surface area contributed by atoms with Gasteiger partial charge in [0.05, 0.1) is 12.3 Å². The van der Waals surface area contributed by atoms with Crippen LogP contribution < -0.4 is 10.3 Å². The van der Waals surface area contributed by atoms with Crippen molar-refractivity contribution in [1.29, 1.82) is 0 Å². The molecule has 0 aromatic carbocycles. The minimum atomic E-state index is -0.250. The Balaban J connectivity index is 2.65. The predicted octanol–water partition coefficient (Wildman–Crippen LogP) is 2.15. The van der Waals surface area contributed by atoms with Crippen LogP contribution in [0.25, 0.3) is 17.0 Å². The van der Waals surface area contributed by atoms with Gasteiger partial charge < -0.3 is 4.74 Å². The van der Waals surface area contributed by atoms with E-state index in [-0.39, 0.29) is 11.6 Å². The second kappa shape index (κ2) is 6.60. The Morgan fingerprint density at radius 1 is 1.43 bits per heavy atom. The zero-order valence-corrected chi connectivity index (χ0v) is 12.0. The Kier molecular flexibility index (Phi) is 4.61. The average molecular weight is 284 g/mol. The van der Waals surface area contributed by atoms with E-state index in [1.165, 1.54) is 17.0 Å². The van der Waals surface area contributed by atoms with E-state index in [0.29, 0.717) is 23.6 Å². The van der Waals surface area contributed by atoms with Crippen LogP contribution in [0.15, 0.2) is 48.3 Å². The van der Waals surface area contributed by atoms with Crippen LogP contribution >= 0.6 is 0 Å². The van der Waals surface area contributed by atoms with E-state index in [9.17, 15) is 4.79 Å². The molecule has 0 aliphatic rings. The molecule has 0 unspecified atom stereocenters. The highest BCUT2D eigenvalue weighted by Crippen LogP contribution is 2.19. The van der Waals surface area contributed by atoms with E-state index < -0.39 is 0 Å². The Bertz CT molecular complexity index is 720. The summed E-state index contributed by atoms with van der Waals surface area (Å²) in [7, 11) is 0. The van der Waals surface area contributed by atoms with Crippen molar-refractivity contribution in [3.8, 4) is 17.3 Å². The molecule has 0 saturated carbocycles. The molecule has 0 amide bonds. The number of hydrogen-bond donors (Lipinski definition) is 0. The molecule has 2 aromatic rings.